The summed E-state index contributed by atoms with van der Waals surface area (Å²) >= 11 is 0. The molecule has 1 aromatic heterocycles. The quantitative estimate of drug-likeness (QED) is 0.708. The van der Waals surface area contributed by atoms with E-state index in [1.165, 1.54) is 11.3 Å². The standard InChI is InChI=1S/C23H20N2/c1-2-4-14(5-3-1)25-12-18-19(24-25)11-10-17-20-13-6-8-15-16(9-7-13)21(15)23(20)22(17)18/h1-13,15-17,20-23H/t13?,15-,16+,17-,20+,21?,22-,23+/m0/s1. The van der Waals surface area contributed by atoms with E-state index in [1.807, 2.05) is 0 Å². The van der Waals surface area contributed by atoms with Crippen LogP contribution in [0.15, 0.2) is 66.9 Å². The smallest absolute Gasteiger partial charge is 0.0887 e. The first-order valence-electron chi connectivity index (χ1n) is 9.60. The molecule has 0 spiro atoms. The van der Waals surface area contributed by atoms with Crippen molar-refractivity contribution < 1.29 is 0 Å². The van der Waals surface area contributed by atoms with Crippen molar-refractivity contribution in [3.8, 4) is 5.69 Å². The zero-order valence-electron chi connectivity index (χ0n) is 13.9. The molecule has 2 saturated carbocycles. The van der Waals surface area contributed by atoms with Crippen molar-refractivity contribution >= 4 is 6.08 Å². The molecule has 0 aliphatic heterocycles. The summed E-state index contributed by atoms with van der Waals surface area (Å²) in [6, 6.07) is 10.5. The second kappa shape index (κ2) is 4.24. The average molecular weight is 324 g/mol. The number of hydrogen-bond donors (Lipinski definition) is 0. The van der Waals surface area contributed by atoms with Crippen molar-refractivity contribution in [2.24, 2.45) is 41.4 Å². The Morgan fingerprint density at radius 2 is 1.56 bits per heavy atom. The van der Waals surface area contributed by atoms with Gasteiger partial charge in [0, 0.05) is 11.8 Å². The summed E-state index contributed by atoms with van der Waals surface area (Å²) in [5, 5.41) is 4.89. The summed E-state index contributed by atoms with van der Waals surface area (Å²) in [5.74, 6) is 6.20. The molecule has 4 bridgehead atoms. The summed E-state index contributed by atoms with van der Waals surface area (Å²) in [5.41, 5.74) is 3.84. The maximum Gasteiger partial charge on any atom is 0.0887 e. The first kappa shape index (κ1) is 12.9. The molecule has 2 nitrogen and oxygen atoms in total. The Morgan fingerprint density at radius 1 is 0.760 bits per heavy atom. The van der Waals surface area contributed by atoms with Crippen LogP contribution >= 0.6 is 0 Å². The van der Waals surface area contributed by atoms with Crippen LogP contribution in [0.3, 0.4) is 0 Å². The van der Waals surface area contributed by atoms with Crippen LogP contribution in [-0.2, 0) is 0 Å². The van der Waals surface area contributed by atoms with E-state index in [2.05, 4.69) is 77.7 Å². The lowest BCUT2D eigenvalue weighted by Crippen LogP contribution is -2.48. The van der Waals surface area contributed by atoms with Gasteiger partial charge in [0.15, 0.2) is 0 Å². The van der Waals surface area contributed by atoms with Crippen molar-refractivity contribution in [1.29, 1.82) is 0 Å². The Labute approximate surface area is 147 Å². The predicted octanol–water partition coefficient (Wildman–Crippen LogP) is 4.46. The van der Waals surface area contributed by atoms with E-state index in [0.717, 1.165) is 35.3 Å². The molecule has 0 amide bonds. The molecule has 0 radical (unpaired) electrons. The molecule has 0 N–H and O–H groups in total. The molecule has 2 aromatic rings. The summed E-state index contributed by atoms with van der Waals surface area (Å²) < 4.78 is 2.08. The van der Waals surface area contributed by atoms with Gasteiger partial charge in [-0.05, 0) is 65.6 Å². The highest BCUT2D eigenvalue weighted by molar-refractivity contribution is 5.58. The summed E-state index contributed by atoms with van der Waals surface area (Å²) in [4.78, 5) is 0. The Balaban J connectivity index is 1.33. The van der Waals surface area contributed by atoms with Gasteiger partial charge >= 0.3 is 0 Å². The van der Waals surface area contributed by atoms with Gasteiger partial charge in [0.2, 0.25) is 0 Å². The third-order valence-corrected chi connectivity index (χ3v) is 7.54. The number of allylic oxidation sites excluding steroid dienone is 5. The fourth-order valence-corrected chi connectivity index (χ4v) is 6.47. The number of aromatic nitrogens is 2. The molecular formula is C23H20N2. The van der Waals surface area contributed by atoms with E-state index in [4.69, 9.17) is 5.10 Å². The lowest BCUT2D eigenvalue weighted by Gasteiger charge is -2.54. The molecule has 1 aromatic carbocycles. The number of fused-ring (bicyclic) bond motifs is 3. The van der Waals surface area contributed by atoms with Crippen LogP contribution in [0.5, 0.6) is 0 Å². The minimum absolute atomic E-state index is 0.654. The molecule has 122 valence electrons. The number of hydrogen-bond acceptors (Lipinski definition) is 1. The van der Waals surface area contributed by atoms with Gasteiger partial charge in [0.05, 0.1) is 11.4 Å². The van der Waals surface area contributed by atoms with E-state index in [0.29, 0.717) is 17.8 Å². The molecule has 8 atom stereocenters. The Morgan fingerprint density at radius 3 is 2.36 bits per heavy atom. The number of benzene rings is 1. The SMILES string of the molecule is C1=C[C@@H]2[C@@H](c3cn(-c4ccccc4)nc31)[C@H]1C3[C@H]4C=CC(C=C[C@@H]34)[C@H]21. The second-order valence-electron chi connectivity index (χ2n) is 8.45. The van der Waals surface area contributed by atoms with E-state index in [9.17, 15) is 0 Å². The Bertz CT molecular complexity index is 943. The van der Waals surface area contributed by atoms with Crippen molar-refractivity contribution in [2.75, 3.05) is 0 Å². The van der Waals surface area contributed by atoms with Crippen LogP contribution in [0.4, 0.5) is 0 Å². The fraction of sp³-hybridized carbons (Fsp3) is 0.348. The van der Waals surface area contributed by atoms with Crippen LogP contribution in [0.25, 0.3) is 11.8 Å². The molecule has 6 aliphatic carbocycles. The minimum Gasteiger partial charge on any atom is -0.240 e. The van der Waals surface area contributed by atoms with E-state index >= 15 is 0 Å². The molecule has 2 fully saturated rings. The third kappa shape index (κ3) is 1.50. The fourth-order valence-electron chi connectivity index (χ4n) is 6.47. The van der Waals surface area contributed by atoms with E-state index in [-0.39, 0.29) is 0 Å². The largest absolute Gasteiger partial charge is 0.240 e. The van der Waals surface area contributed by atoms with Gasteiger partial charge in [0.25, 0.3) is 0 Å². The lowest BCUT2D eigenvalue weighted by molar-refractivity contribution is 0.0270. The maximum absolute atomic E-state index is 4.89. The Hall–Kier alpha value is -2.35. The van der Waals surface area contributed by atoms with Gasteiger partial charge in [0.1, 0.15) is 0 Å². The second-order valence-corrected chi connectivity index (χ2v) is 8.45. The van der Waals surface area contributed by atoms with Crippen LogP contribution in [0.2, 0.25) is 0 Å². The number of nitrogens with zero attached hydrogens (tertiary/aromatic N) is 2. The highest BCUT2D eigenvalue weighted by atomic mass is 15.3. The highest BCUT2D eigenvalue weighted by Crippen LogP contribution is 2.72. The lowest BCUT2D eigenvalue weighted by atomic mass is 9.49. The number of rotatable bonds is 1. The zero-order valence-corrected chi connectivity index (χ0v) is 13.9. The van der Waals surface area contributed by atoms with Gasteiger partial charge in [-0.25, -0.2) is 4.68 Å². The van der Waals surface area contributed by atoms with E-state index < -0.39 is 0 Å². The third-order valence-electron chi connectivity index (χ3n) is 7.54. The normalized spacial score (nSPS) is 43.5. The molecule has 2 unspecified atom stereocenters. The Kier molecular flexibility index (Phi) is 2.19. The molecule has 6 aliphatic rings. The molecule has 2 heteroatoms. The van der Waals surface area contributed by atoms with Gasteiger partial charge in [-0.2, -0.15) is 5.10 Å². The molecule has 0 saturated heterocycles. The highest BCUT2D eigenvalue weighted by Gasteiger charge is 2.66. The molecule has 25 heavy (non-hydrogen) atoms. The van der Waals surface area contributed by atoms with Crippen LogP contribution < -0.4 is 0 Å². The van der Waals surface area contributed by atoms with Gasteiger partial charge in [-0.3, -0.25) is 0 Å². The topological polar surface area (TPSA) is 17.8 Å². The van der Waals surface area contributed by atoms with Crippen LogP contribution in [-0.4, -0.2) is 9.78 Å². The first-order valence-corrected chi connectivity index (χ1v) is 9.60. The predicted molar refractivity (Wildman–Crippen MR) is 98.0 cm³/mol. The van der Waals surface area contributed by atoms with Crippen molar-refractivity contribution in [3.05, 3.63) is 78.2 Å². The minimum atomic E-state index is 0.654. The summed E-state index contributed by atoms with van der Waals surface area (Å²) in [6.07, 6.45) is 17.1. The summed E-state index contributed by atoms with van der Waals surface area (Å²) in [6.45, 7) is 0. The van der Waals surface area contributed by atoms with Gasteiger partial charge in [-0.15, -0.1) is 0 Å². The molecule has 1 heterocycles. The van der Waals surface area contributed by atoms with Gasteiger partial charge < -0.3 is 0 Å². The monoisotopic (exact) mass is 324 g/mol. The van der Waals surface area contributed by atoms with Crippen molar-refractivity contribution in [1.82, 2.24) is 9.78 Å². The van der Waals surface area contributed by atoms with Crippen molar-refractivity contribution in [2.45, 2.75) is 5.92 Å². The van der Waals surface area contributed by atoms with Gasteiger partial charge in [-0.1, -0.05) is 48.6 Å². The van der Waals surface area contributed by atoms with Crippen LogP contribution in [0.1, 0.15) is 17.2 Å². The maximum atomic E-state index is 4.89. The summed E-state index contributed by atoms with van der Waals surface area (Å²) in [7, 11) is 0. The molecular weight excluding hydrogens is 304 g/mol. The van der Waals surface area contributed by atoms with Crippen LogP contribution in [0, 0.1) is 41.4 Å². The first-order chi connectivity index (χ1) is 12.4. The van der Waals surface area contributed by atoms with E-state index in [1.54, 1.807) is 0 Å². The average Bonchev–Trinajstić information content (AvgIpc) is 3.25. The molecule has 8 rings (SSSR count). The number of para-hydroxylation sites is 1. The van der Waals surface area contributed by atoms with Crippen molar-refractivity contribution in [3.63, 3.8) is 0 Å². The zero-order chi connectivity index (χ0) is 16.1.